The lowest BCUT2D eigenvalue weighted by atomic mass is 10.2. The normalized spacial score (nSPS) is 21.3. The van der Waals surface area contributed by atoms with Gasteiger partial charge in [-0.15, -0.1) is 0 Å². The number of sulfonamides is 1. The number of hydrogen-bond acceptors (Lipinski definition) is 2. The fraction of sp³-hybridized carbons (Fsp3) is 1.00. The molecule has 0 amide bonds. The maximum atomic E-state index is 11.9. The van der Waals surface area contributed by atoms with Crippen molar-refractivity contribution in [1.29, 1.82) is 0 Å². The third-order valence-electron chi connectivity index (χ3n) is 2.29. The van der Waals surface area contributed by atoms with Gasteiger partial charge in [0.05, 0.1) is 5.75 Å². The first-order chi connectivity index (χ1) is 6.17. The fourth-order valence-electron chi connectivity index (χ4n) is 1.55. The summed E-state index contributed by atoms with van der Waals surface area (Å²) in [5.41, 5.74) is 0. The predicted molar refractivity (Wildman–Crippen MR) is 49.8 cm³/mol. The third-order valence-corrected chi connectivity index (χ3v) is 4.12. The number of alkyl halides is 1. The van der Waals surface area contributed by atoms with Gasteiger partial charge in [-0.2, -0.15) is 0 Å². The van der Waals surface area contributed by atoms with E-state index in [1.165, 1.54) is 4.31 Å². The Labute approximate surface area is 79.0 Å². The number of halogens is 1. The van der Waals surface area contributed by atoms with Gasteiger partial charge in [-0.1, -0.05) is 12.8 Å². The van der Waals surface area contributed by atoms with Gasteiger partial charge < -0.3 is 0 Å². The van der Waals surface area contributed by atoms with E-state index < -0.39 is 16.7 Å². The minimum Gasteiger partial charge on any atom is -0.250 e. The monoisotopic (exact) mass is 209 g/mol. The van der Waals surface area contributed by atoms with Crippen LogP contribution in [-0.4, -0.2) is 38.2 Å². The van der Waals surface area contributed by atoms with Crippen LogP contribution in [0.25, 0.3) is 0 Å². The Bertz CT molecular complexity index is 233. The highest BCUT2D eigenvalue weighted by Crippen LogP contribution is 2.13. The van der Waals surface area contributed by atoms with Crippen molar-refractivity contribution in [3.05, 3.63) is 0 Å². The second kappa shape index (κ2) is 4.91. The summed E-state index contributed by atoms with van der Waals surface area (Å²) in [7, 11) is -3.30. The maximum Gasteiger partial charge on any atom is 0.216 e. The molecule has 1 fully saturated rings. The molecule has 0 aromatic heterocycles. The zero-order chi connectivity index (χ0) is 9.73. The van der Waals surface area contributed by atoms with E-state index in [1.807, 2.05) is 0 Å². The molecular formula is C8H16FNO2S. The molecule has 78 valence electrons. The molecule has 0 N–H and O–H groups in total. The average molecular weight is 209 g/mol. The molecule has 3 nitrogen and oxygen atoms in total. The zero-order valence-corrected chi connectivity index (χ0v) is 8.52. The molecule has 0 spiro atoms. The Morgan fingerprint density at radius 3 is 2.08 bits per heavy atom. The minimum absolute atomic E-state index is 0.354. The number of hydrogen-bond donors (Lipinski definition) is 0. The SMILES string of the molecule is O=S(=O)(CCF)N1CCCCCC1. The van der Waals surface area contributed by atoms with Crippen LogP contribution in [0.2, 0.25) is 0 Å². The largest absolute Gasteiger partial charge is 0.250 e. The van der Waals surface area contributed by atoms with Crippen LogP contribution in [0.1, 0.15) is 25.7 Å². The van der Waals surface area contributed by atoms with Crippen LogP contribution in [-0.2, 0) is 10.0 Å². The van der Waals surface area contributed by atoms with Gasteiger partial charge in [-0.05, 0) is 12.8 Å². The average Bonchev–Trinajstić information content (AvgIpc) is 2.31. The molecule has 13 heavy (non-hydrogen) atoms. The van der Waals surface area contributed by atoms with E-state index in [1.54, 1.807) is 0 Å². The highest BCUT2D eigenvalue weighted by molar-refractivity contribution is 7.89. The summed E-state index contributed by atoms with van der Waals surface area (Å²) in [5.74, 6) is -0.354. The number of nitrogens with zero attached hydrogens (tertiary/aromatic N) is 1. The first-order valence-electron chi connectivity index (χ1n) is 4.70. The Morgan fingerprint density at radius 1 is 1.08 bits per heavy atom. The summed E-state index contributed by atoms with van der Waals surface area (Å²) in [6.45, 7) is 0.365. The second-order valence-corrected chi connectivity index (χ2v) is 5.41. The topological polar surface area (TPSA) is 37.4 Å². The molecule has 0 aromatic rings. The highest BCUT2D eigenvalue weighted by atomic mass is 32.2. The summed E-state index contributed by atoms with van der Waals surface area (Å²) < 4.78 is 36.2. The van der Waals surface area contributed by atoms with E-state index in [-0.39, 0.29) is 5.75 Å². The van der Waals surface area contributed by atoms with Crippen molar-refractivity contribution in [1.82, 2.24) is 4.31 Å². The molecule has 1 saturated heterocycles. The molecule has 1 rings (SSSR count). The van der Waals surface area contributed by atoms with Crippen molar-refractivity contribution in [3.8, 4) is 0 Å². The van der Waals surface area contributed by atoms with E-state index in [0.717, 1.165) is 25.7 Å². The molecule has 1 aliphatic heterocycles. The Morgan fingerprint density at radius 2 is 1.62 bits per heavy atom. The molecule has 5 heteroatoms. The van der Waals surface area contributed by atoms with Crippen LogP contribution >= 0.6 is 0 Å². The van der Waals surface area contributed by atoms with E-state index in [2.05, 4.69) is 0 Å². The fourth-order valence-corrected chi connectivity index (χ4v) is 2.81. The smallest absolute Gasteiger partial charge is 0.216 e. The first-order valence-corrected chi connectivity index (χ1v) is 6.31. The maximum absolute atomic E-state index is 11.9. The van der Waals surface area contributed by atoms with Gasteiger partial charge in [0.25, 0.3) is 0 Å². The molecule has 0 bridgehead atoms. The van der Waals surface area contributed by atoms with Crippen molar-refractivity contribution >= 4 is 10.0 Å². The lowest BCUT2D eigenvalue weighted by molar-refractivity contribution is 0.416. The molecule has 1 heterocycles. The van der Waals surface area contributed by atoms with Crippen LogP contribution in [0.4, 0.5) is 4.39 Å². The van der Waals surface area contributed by atoms with Crippen LogP contribution < -0.4 is 0 Å². The van der Waals surface area contributed by atoms with Crippen LogP contribution in [0.3, 0.4) is 0 Å². The summed E-state index contributed by atoms with van der Waals surface area (Å²) in [6, 6.07) is 0. The van der Waals surface area contributed by atoms with Gasteiger partial charge in [-0.3, -0.25) is 0 Å². The first kappa shape index (κ1) is 10.9. The van der Waals surface area contributed by atoms with Crippen molar-refractivity contribution in [3.63, 3.8) is 0 Å². The molecule has 0 aliphatic carbocycles. The molecule has 1 aliphatic rings. The van der Waals surface area contributed by atoms with E-state index in [9.17, 15) is 12.8 Å². The predicted octanol–water partition coefficient (Wildman–Crippen LogP) is 1.16. The number of rotatable bonds is 3. The van der Waals surface area contributed by atoms with E-state index in [0.29, 0.717) is 13.1 Å². The Hall–Kier alpha value is -0.160. The molecular weight excluding hydrogens is 193 g/mol. The highest BCUT2D eigenvalue weighted by Gasteiger charge is 2.22. The van der Waals surface area contributed by atoms with Gasteiger partial charge in [0.1, 0.15) is 6.67 Å². The minimum atomic E-state index is -3.30. The summed E-state index contributed by atoms with van der Waals surface area (Å²) in [5, 5.41) is 0. The van der Waals surface area contributed by atoms with Gasteiger partial charge in [0.15, 0.2) is 0 Å². The zero-order valence-electron chi connectivity index (χ0n) is 7.71. The van der Waals surface area contributed by atoms with E-state index in [4.69, 9.17) is 0 Å². The van der Waals surface area contributed by atoms with Gasteiger partial charge in [0, 0.05) is 13.1 Å². The Kier molecular flexibility index (Phi) is 4.12. The van der Waals surface area contributed by atoms with Crippen molar-refractivity contribution < 1.29 is 12.8 Å². The quantitative estimate of drug-likeness (QED) is 0.699. The second-order valence-electron chi connectivity index (χ2n) is 3.32. The van der Waals surface area contributed by atoms with Crippen molar-refractivity contribution in [2.45, 2.75) is 25.7 Å². The van der Waals surface area contributed by atoms with Gasteiger partial charge in [0.2, 0.25) is 10.0 Å². The van der Waals surface area contributed by atoms with Crippen LogP contribution in [0, 0.1) is 0 Å². The van der Waals surface area contributed by atoms with Gasteiger partial charge in [-0.25, -0.2) is 17.1 Å². The third kappa shape index (κ3) is 3.23. The Balaban J connectivity index is 2.57. The van der Waals surface area contributed by atoms with Crippen molar-refractivity contribution in [2.24, 2.45) is 0 Å². The standard InChI is InChI=1S/C8H16FNO2S/c9-5-8-13(11,12)10-6-3-1-2-4-7-10/h1-8H2. The van der Waals surface area contributed by atoms with Crippen LogP contribution in [0.15, 0.2) is 0 Å². The molecule has 0 aromatic carbocycles. The van der Waals surface area contributed by atoms with E-state index >= 15 is 0 Å². The van der Waals surface area contributed by atoms with Crippen LogP contribution in [0.5, 0.6) is 0 Å². The molecule has 0 radical (unpaired) electrons. The summed E-state index contributed by atoms with van der Waals surface area (Å²) in [6.07, 6.45) is 3.99. The van der Waals surface area contributed by atoms with Crippen molar-refractivity contribution in [2.75, 3.05) is 25.5 Å². The molecule has 0 saturated carbocycles. The summed E-state index contributed by atoms with van der Waals surface area (Å²) in [4.78, 5) is 0. The lowest BCUT2D eigenvalue weighted by Gasteiger charge is -2.18. The lowest BCUT2D eigenvalue weighted by Crippen LogP contribution is -2.34. The van der Waals surface area contributed by atoms with Gasteiger partial charge >= 0.3 is 0 Å². The molecule has 0 unspecified atom stereocenters. The molecule has 0 atom stereocenters. The summed E-state index contributed by atoms with van der Waals surface area (Å²) >= 11 is 0.